The van der Waals surface area contributed by atoms with E-state index >= 15 is 0 Å². The van der Waals surface area contributed by atoms with E-state index in [-0.39, 0.29) is 17.4 Å². The standard InChI is InChI=1S/C13H14N2O4S2/c16-10(17)7-21-13-14-11-9(3-5-20-11)12(18)15(13)8-2-1-4-19-6-8/h3,5,8H,1-2,4,6-7H2,(H,16,17). The number of carboxylic acids is 1. The van der Waals surface area contributed by atoms with Crippen LogP contribution in [0.4, 0.5) is 0 Å². The number of hydrogen-bond donors (Lipinski definition) is 1. The first-order valence-electron chi connectivity index (χ1n) is 6.59. The van der Waals surface area contributed by atoms with Crippen molar-refractivity contribution in [3.63, 3.8) is 0 Å². The van der Waals surface area contributed by atoms with Crippen LogP contribution in [0.15, 0.2) is 21.4 Å². The average Bonchev–Trinajstić information content (AvgIpc) is 2.95. The molecule has 1 atom stereocenters. The maximum atomic E-state index is 12.7. The number of aromatic nitrogens is 2. The molecule has 1 unspecified atom stereocenters. The Balaban J connectivity index is 2.08. The van der Waals surface area contributed by atoms with Crippen LogP contribution in [0.25, 0.3) is 10.2 Å². The fourth-order valence-electron chi connectivity index (χ4n) is 2.39. The SMILES string of the molecule is O=C(O)CSc1nc2sccc2c(=O)n1C1CCCOC1. The zero-order chi connectivity index (χ0) is 14.8. The van der Waals surface area contributed by atoms with Gasteiger partial charge in [0.25, 0.3) is 5.56 Å². The summed E-state index contributed by atoms with van der Waals surface area (Å²) in [5.74, 6) is -1.04. The molecule has 3 heterocycles. The molecule has 0 saturated carbocycles. The molecule has 0 aromatic carbocycles. The lowest BCUT2D eigenvalue weighted by atomic mass is 10.1. The van der Waals surface area contributed by atoms with Crippen molar-refractivity contribution in [2.24, 2.45) is 0 Å². The van der Waals surface area contributed by atoms with Crippen molar-refractivity contribution in [2.75, 3.05) is 19.0 Å². The van der Waals surface area contributed by atoms with Crippen LogP contribution in [0, 0.1) is 0 Å². The molecule has 1 N–H and O–H groups in total. The minimum absolute atomic E-state index is 0.0701. The van der Waals surface area contributed by atoms with Gasteiger partial charge in [-0.3, -0.25) is 14.2 Å². The number of fused-ring (bicyclic) bond motifs is 1. The number of ether oxygens (including phenoxy) is 1. The summed E-state index contributed by atoms with van der Waals surface area (Å²) >= 11 is 2.47. The first kappa shape index (κ1) is 14.6. The van der Waals surface area contributed by atoms with Crippen molar-refractivity contribution >= 4 is 39.3 Å². The number of hydrogen-bond acceptors (Lipinski definition) is 6. The highest BCUT2D eigenvalue weighted by atomic mass is 32.2. The Morgan fingerprint density at radius 1 is 1.62 bits per heavy atom. The molecule has 0 aliphatic carbocycles. The molecule has 8 heteroatoms. The summed E-state index contributed by atoms with van der Waals surface area (Å²) in [5.41, 5.74) is -0.107. The summed E-state index contributed by atoms with van der Waals surface area (Å²) in [6, 6.07) is 1.69. The topological polar surface area (TPSA) is 81.4 Å². The lowest BCUT2D eigenvalue weighted by Gasteiger charge is -2.25. The van der Waals surface area contributed by atoms with Crippen LogP contribution in [0.1, 0.15) is 18.9 Å². The molecule has 1 saturated heterocycles. The monoisotopic (exact) mass is 326 g/mol. The van der Waals surface area contributed by atoms with Gasteiger partial charge in [-0.15, -0.1) is 11.3 Å². The van der Waals surface area contributed by atoms with E-state index in [9.17, 15) is 9.59 Å². The zero-order valence-corrected chi connectivity index (χ0v) is 12.8. The number of rotatable bonds is 4. The van der Waals surface area contributed by atoms with E-state index in [0.29, 0.717) is 28.6 Å². The van der Waals surface area contributed by atoms with Crippen LogP contribution < -0.4 is 5.56 Å². The minimum Gasteiger partial charge on any atom is -0.481 e. The number of nitrogens with zero attached hydrogens (tertiary/aromatic N) is 2. The maximum Gasteiger partial charge on any atom is 0.313 e. The normalized spacial score (nSPS) is 19.0. The summed E-state index contributed by atoms with van der Waals surface area (Å²) in [7, 11) is 0. The van der Waals surface area contributed by atoms with E-state index in [0.717, 1.165) is 24.6 Å². The number of carbonyl (C=O) groups is 1. The van der Waals surface area contributed by atoms with Gasteiger partial charge in [0.2, 0.25) is 0 Å². The largest absolute Gasteiger partial charge is 0.481 e. The Morgan fingerprint density at radius 2 is 2.48 bits per heavy atom. The van der Waals surface area contributed by atoms with Crippen LogP contribution in [0.3, 0.4) is 0 Å². The smallest absolute Gasteiger partial charge is 0.313 e. The van der Waals surface area contributed by atoms with Crippen molar-refractivity contribution in [2.45, 2.75) is 24.0 Å². The molecule has 0 spiro atoms. The zero-order valence-electron chi connectivity index (χ0n) is 11.2. The summed E-state index contributed by atoms with van der Waals surface area (Å²) in [4.78, 5) is 28.6. The van der Waals surface area contributed by atoms with Gasteiger partial charge in [-0.2, -0.15) is 0 Å². The van der Waals surface area contributed by atoms with E-state index in [1.165, 1.54) is 11.3 Å². The number of carboxylic acid groups (broad SMARTS) is 1. The molecule has 0 amide bonds. The van der Waals surface area contributed by atoms with E-state index in [1.54, 1.807) is 10.6 Å². The van der Waals surface area contributed by atoms with Gasteiger partial charge < -0.3 is 9.84 Å². The average molecular weight is 326 g/mol. The molecule has 1 aliphatic heterocycles. The van der Waals surface area contributed by atoms with Gasteiger partial charge in [-0.05, 0) is 24.3 Å². The highest BCUT2D eigenvalue weighted by Crippen LogP contribution is 2.27. The van der Waals surface area contributed by atoms with Crippen LogP contribution in [0.5, 0.6) is 0 Å². The highest BCUT2D eigenvalue weighted by Gasteiger charge is 2.23. The fraction of sp³-hybridized carbons (Fsp3) is 0.462. The van der Waals surface area contributed by atoms with Crippen molar-refractivity contribution in [1.29, 1.82) is 0 Å². The second-order valence-corrected chi connectivity index (χ2v) is 6.60. The third-order valence-corrected chi connectivity index (χ3v) is 5.07. The first-order valence-corrected chi connectivity index (χ1v) is 8.45. The molecule has 3 rings (SSSR count). The first-order chi connectivity index (χ1) is 10.2. The quantitative estimate of drug-likeness (QED) is 0.683. The molecule has 21 heavy (non-hydrogen) atoms. The second-order valence-electron chi connectivity index (χ2n) is 4.76. The van der Waals surface area contributed by atoms with Crippen LogP contribution in [-0.4, -0.2) is 39.6 Å². The third-order valence-electron chi connectivity index (χ3n) is 3.32. The molecule has 6 nitrogen and oxygen atoms in total. The predicted octanol–water partition coefficient (Wildman–Crippen LogP) is 1.99. The van der Waals surface area contributed by atoms with Crippen molar-refractivity contribution in [1.82, 2.24) is 9.55 Å². The van der Waals surface area contributed by atoms with Gasteiger partial charge in [0, 0.05) is 6.61 Å². The van der Waals surface area contributed by atoms with E-state index in [1.807, 2.05) is 5.38 Å². The Labute approximate surface area is 128 Å². The molecule has 2 aromatic heterocycles. The highest BCUT2D eigenvalue weighted by molar-refractivity contribution is 7.99. The molecular formula is C13H14N2O4S2. The Kier molecular flexibility index (Phi) is 4.27. The summed E-state index contributed by atoms with van der Waals surface area (Å²) < 4.78 is 7.07. The van der Waals surface area contributed by atoms with E-state index in [4.69, 9.17) is 9.84 Å². The number of thioether (sulfide) groups is 1. The molecule has 0 radical (unpaired) electrons. The summed E-state index contributed by atoms with van der Waals surface area (Å²) in [6.45, 7) is 1.18. The molecule has 1 fully saturated rings. The van der Waals surface area contributed by atoms with Crippen LogP contribution in [0.2, 0.25) is 0 Å². The van der Waals surface area contributed by atoms with Gasteiger partial charge in [-0.25, -0.2) is 4.98 Å². The minimum atomic E-state index is -0.924. The predicted molar refractivity (Wildman–Crippen MR) is 81.3 cm³/mol. The Morgan fingerprint density at radius 3 is 3.19 bits per heavy atom. The number of aliphatic carboxylic acids is 1. The lowest BCUT2D eigenvalue weighted by molar-refractivity contribution is -0.133. The number of thiophene rings is 1. The second kappa shape index (κ2) is 6.17. The molecule has 1 aliphatic rings. The molecule has 0 bridgehead atoms. The molecule has 2 aromatic rings. The van der Waals surface area contributed by atoms with Gasteiger partial charge in [-0.1, -0.05) is 11.8 Å². The third kappa shape index (κ3) is 2.97. The Hall–Kier alpha value is -1.38. The van der Waals surface area contributed by atoms with Gasteiger partial charge in [0.1, 0.15) is 4.83 Å². The van der Waals surface area contributed by atoms with E-state index < -0.39 is 5.97 Å². The van der Waals surface area contributed by atoms with Gasteiger partial charge >= 0.3 is 5.97 Å². The van der Waals surface area contributed by atoms with Crippen molar-refractivity contribution in [3.05, 3.63) is 21.8 Å². The van der Waals surface area contributed by atoms with E-state index in [2.05, 4.69) is 4.98 Å². The maximum absolute atomic E-state index is 12.7. The van der Waals surface area contributed by atoms with Crippen LogP contribution >= 0.6 is 23.1 Å². The van der Waals surface area contributed by atoms with Crippen LogP contribution in [-0.2, 0) is 9.53 Å². The van der Waals surface area contributed by atoms with Crippen molar-refractivity contribution in [3.8, 4) is 0 Å². The summed E-state index contributed by atoms with van der Waals surface area (Å²) in [6.07, 6.45) is 1.74. The lowest BCUT2D eigenvalue weighted by Crippen LogP contribution is -2.32. The van der Waals surface area contributed by atoms with Crippen molar-refractivity contribution < 1.29 is 14.6 Å². The fourth-order valence-corrected chi connectivity index (χ4v) is 3.98. The summed E-state index contributed by atoms with van der Waals surface area (Å²) in [5, 5.41) is 11.7. The molecule has 112 valence electrons. The Bertz CT molecular complexity index is 719. The van der Waals surface area contributed by atoms with Gasteiger partial charge in [0.15, 0.2) is 5.16 Å². The molecular weight excluding hydrogens is 312 g/mol. The van der Waals surface area contributed by atoms with Gasteiger partial charge in [0.05, 0.1) is 23.8 Å².